The van der Waals surface area contributed by atoms with Crippen LogP contribution in [-0.4, -0.2) is 24.3 Å². The molecule has 1 aromatic carbocycles. The lowest BCUT2D eigenvalue weighted by Crippen LogP contribution is -2.36. The first-order valence-corrected chi connectivity index (χ1v) is 6.22. The van der Waals surface area contributed by atoms with Crippen LogP contribution in [0.15, 0.2) is 35.5 Å². The Morgan fingerprint density at radius 1 is 1.44 bits per heavy atom. The molecule has 0 bridgehead atoms. The van der Waals surface area contributed by atoms with Gasteiger partial charge in [0.1, 0.15) is 0 Å². The van der Waals surface area contributed by atoms with Crippen LogP contribution in [-0.2, 0) is 9.63 Å². The van der Waals surface area contributed by atoms with Crippen molar-refractivity contribution in [3.63, 3.8) is 0 Å². The molecule has 0 saturated carbocycles. The van der Waals surface area contributed by atoms with Gasteiger partial charge in [0.2, 0.25) is 6.10 Å². The molecule has 4 heteroatoms. The predicted molar refractivity (Wildman–Crippen MR) is 70.3 cm³/mol. The van der Waals surface area contributed by atoms with Crippen LogP contribution in [0.5, 0.6) is 0 Å². The van der Waals surface area contributed by atoms with E-state index in [1.165, 1.54) is 0 Å². The zero-order valence-electron chi connectivity index (χ0n) is 10.7. The lowest BCUT2D eigenvalue weighted by molar-refractivity contribution is -0.131. The molecule has 0 fully saturated rings. The Hall–Kier alpha value is -1.84. The zero-order chi connectivity index (χ0) is 13.0. The summed E-state index contributed by atoms with van der Waals surface area (Å²) < 4.78 is 0. The molecule has 1 heterocycles. The van der Waals surface area contributed by atoms with E-state index < -0.39 is 6.10 Å². The quantitative estimate of drug-likeness (QED) is 0.882. The highest BCUT2D eigenvalue weighted by Gasteiger charge is 2.28. The molecule has 0 unspecified atom stereocenters. The first-order chi connectivity index (χ1) is 8.66. The highest BCUT2D eigenvalue weighted by atomic mass is 16.6. The van der Waals surface area contributed by atoms with Crippen LogP contribution in [0.2, 0.25) is 0 Å². The van der Waals surface area contributed by atoms with Gasteiger partial charge in [-0.1, -0.05) is 49.3 Å². The Bertz CT molecular complexity index is 440. The van der Waals surface area contributed by atoms with Crippen LogP contribution in [0, 0.1) is 5.92 Å². The molecule has 1 aromatic rings. The first kappa shape index (κ1) is 12.6. The molecule has 96 valence electrons. The minimum atomic E-state index is -0.487. The molecule has 1 aliphatic rings. The summed E-state index contributed by atoms with van der Waals surface area (Å²) >= 11 is 0. The highest BCUT2D eigenvalue weighted by molar-refractivity contribution is 6.04. The number of carbonyl (C=O) groups is 1. The Morgan fingerprint density at radius 3 is 2.83 bits per heavy atom. The van der Waals surface area contributed by atoms with Gasteiger partial charge in [0.15, 0.2) is 0 Å². The van der Waals surface area contributed by atoms with Gasteiger partial charge >= 0.3 is 0 Å². The largest absolute Gasteiger partial charge is 0.382 e. The van der Waals surface area contributed by atoms with Crippen molar-refractivity contribution < 1.29 is 9.63 Å². The second-order valence-electron chi connectivity index (χ2n) is 4.84. The van der Waals surface area contributed by atoms with Crippen molar-refractivity contribution in [3.8, 4) is 0 Å². The number of rotatable bonds is 4. The SMILES string of the molecule is CC(C)CNC(=O)[C@@H]1CC(c2ccccc2)=NO1. The van der Waals surface area contributed by atoms with Gasteiger partial charge in [-0.05, 0) is 11.5 Å². The predicted octanol–water partition coefficient (Wildman–Crippen LogP) is 1.95. The van der Waals surface area contributed by atoms with Crippen LogP contribution in [0.1, 0.15) is 25.8 Å². The first-order valence-electron chi connectivity index (χ1n) is 6.22. The van der Waals surface area contributed by atoms with E-state index in [1.54, 1.807) is 0 Å². The summed E-state index contributed by atoms with van der Waals surface area (Å²) in [5.74, 6) is 0.350. The summed E-state index contributed by atoms with van der Waals surface area (Å²) in [5.41, 5.74) is 1.84. The van der Waals surface area contributed by atoms with Gasteiger partial charge in [-0.25, -0.2) is 0 Å². The third kappa shape index (κ3) is 3.09. The van der Waals surface area contributed by atoms with Gasteiger partial charge in [0, 0.05) is 13.0 Å². The van der Waals surface area contributed by atoms with Crippen molar-refractivity contribution >= 4 is 11.6 Å². The fourth-order valence-electron chi connectivity index (χ4n) is 1.74. The number of amides is 1. The monoisotopic (exact) mass is 246 g/mol. The van der Waals surface area contributed by atoms with E-state index in [0.29, 0.717) is 18.9 Å². The molecule has 0 aromatic heterocycles. The number of benzene rings is 1. The average Bonchev–Trinajstić information content (AvgIpc) is 2.86. The Kier molecular flexibility index (Phi) is 3.97. The molecule has 0 aliphatic carbocycles. The molecular weight excluding hydrogens is 228 g/mol. The minimum Gasteiger partial charge on any atom is -0.382 e. The Labute approximate surface area is 107 Å². The number of nitrogens with zero attached hydrogens (tertiary/aromatic N) is 1. The fourth-order valence-corrected chi connectivity index (χ4v) is 1.74. The molecule has 18 heavy (non-hydrogen) atoms. The number of carbonyl (C=O) groups excluding carboxylic acids is 1. The Morgan fingerprint density at radius 2 is 2.17 bits per heavy atom. The fraction of sp³-hybridized carbons (Fsp3) is 0.429. The summed E-state index contributed by atoms with van der Waals surface area (Å²) in [5, 5.41) is 6.85. The van der Waals surface area contributed by atoms with Crippen LogP contribution in [0.3, 0.4) is 0 Å². The van der Waals surface area contributed by atoms with Crippen molar-refractivity contribution in [3.05, 3.63) is 35.9 Å². The van der Waals surface area contributed by atoms with E-state index in [0.717, 1.165) is 11.3 Å². The van der Waals surface area contributed by atoms with E-state index in [-0.39, 0.29) is 5.91 Å². The van der Waals surface area contributed by atoms with Gasteiger partial charge in [0.25, 0.3) is 5.91 Å². The van der Waals surface area contributed by atoms with Crippen LogP contribution < -0.4 is 5.32 Å². The van der Waals surface area contributed by atoms with Crippen LogP contribution in [0.4, 0.5) is 0 Å². The van der Waals surface area contributed by atoms with Gasteiger partial charge in [-0.3, -0.25) is 4.79 Å². The molecule has 1 N–H and O–H groups in total. The van der Waals surface area contributed by atoms with Gasteiger partial charge in [0.05, 0.1) is 5.71 Å². The summed E-state index contributed by atoms with van der Waals surface area (Å²) in [6.07, 6.45) is 0.0486. The lowest BCUT2D eigenvalue weighted by Gasteiger charge is -2.10. The number of hydrogen-bond acceptors (Lipinski definition) is 3. The van der Waals surface area contributed by atoms with Crippen molar-refractivity contribution in [1.29, 1.82) is 0 Å². The summed E-state index contributed by atoms with van der Waals surface area (Å²) in [6, 6.07) is 9.79. The molecule has 0 radical (unpaired) electrons. The molecule has 2 rings (SSSR count). The van der Waals surface area contributed by atoms with Gasteiger partial charge < -0.3 is 10.2 Å². The molecule has 0 spiro atoms. The maximum absolute atomic E-state index is 11.8. The molecule has 1 atom stereocenters. The summed E-state index contributed by atoms with van der Waals surface area (Å²) in [7, 11) is 0. The Balaban J connectivity index is 1.89. The smallest absolute Gasteiger partial charge is 0.264 e. The zero-order valence-corrected chi connectivity index (χ0v) is 10.7. The highest BCUT2D eigenvalue weighted by Crippen LogP contribution is 2.16. The molecule has 0 saturated heterocycles. The molecule has 1 aliphatic heterocycles. The van der Waals surface area contributed by atoms with E-state index >= 15 is 0 Å². The van der Waals surface area contributed by atoms with Crippen molar-refractivity contribution in [2.75, 3.05) is 6.54 Å². The second-order valence-corrected chi connectivity index (χ2v) is 4.84. The van der Waals surface area contributed by atoms with Gasteiger partial charge in [-0.2, -0.15) is 0 Å². The van der Waals surface area contributed by atoms with E-state index in [1.807, 2.05) is 30.3 Å². The van der Waals surface area contributed by atoms with Crippen molar-refractivity contribution in [2.45, 2.75) is 26.4 Å². The van der Waals surface area contributed by atoms with Crippen LogP contribution in [0.25, 0.3) is 0 Å². The lowest BCUT2D eigenvalue weighted by atomic mass is 10.0. The van der Waals surface area contributed by atoms with E-state index in [2.05, 4.69) is 24.3 Å². The third-order valence-corrected chi connectivity index (χ3v) is 2.75. The van der Waals surface area contributed by atoms with Gasteiger partial charge in [-0.15, -0.1) is 0 Å². The molecule has 1 amide bonds. The second kappa shape index (κ2) is 5.67. The normalized spacial score (nSPS) is 18.4. The standard InChI is InChI=1S/C14H18N2O2/c1-10(2)9-15-14(17)13-8-12(16-18-13)11-6-4-3-5-7-11/h3-7,10,13H,8-9H2,1-2H3,(H,15,17)/t13-/m0/s1. The maximum Gasteiger partial charge on any atom is 0.264 e. The topological polar surface area (TPSA) is 50.7 Å². The average molecular weight is 246 g/mol. The number of oxime groups is 1. The van der Waals surface area contributed by atoms with E-state index in [9.17, 15) is 4.79 Å². The molecular formula is C14H18N2O2. The van der Waals surface area contributed by atoms with Crippen molar-refractivity contribution in [2.24, 2.45) is 11.1 Å². The van der Waals surface area contributed by atoms with Crippen LogP contribution >= 0.6 is 0 Å². The minimum absolute atomic E-state index is 0.0848. The van der Waals surface area contributed by atoms with E-state index in [4.69, 9.17) is 4.84 Å². The maximum atomic E-state index is 11.8. The number of hydrogen-bond donors (Lipinski definition) is 1. The number of nitrogens with one attached hydrogen (secondary N) is 1. The van der Waals surface area contributed by atoms with Crippen molar-refractivity contribution in [1.82, 2.24) is 5.32 Å². The summed E-state index contributed by atoms with van der Waals surface area (Å²) in [6.45, 7) is 4.78. The third-order valence-electron chi connectivity index (χ3n) is 2.75. The summed E-state index contributed by atoms with van der Waals surface area (Å²) in [4.78, 5) is 17.0. The molecule has 4 nitrogen and oxygen atoms in total.